The molecule has 21 heavy (non-hydrogen) atoms. The van der Waals surface area contributed by atoms with Crippen LogP contribution in [-0.4, -0.2) is 25.3 Å². The molecule has 0 heterocycles. The lowest BCUT2D eigenvalue weighted by Crippen LogP contribution is -2.14. The Labute approximate surface area is 123 Å². The largest absolute Gasteiger partial charge is 0.496 e. The molecule has 0 unspecified atom stereocenters. The molecule has 1 N–H and O–H groups in total. The van der Waals surface area contributed by atoms with Crippen LogP contribution in [0.4, 0.5) is 0 Å². The van der Waals surface area contributed by atoms with Gasteiger partial charge in [-0.1, -0.05) is 12.1 Å². The predicted octanol–water partition coefficient (Wildman–Crippen LogP) is 3.36. The predicted molar refractivity (Wildman–Crippen MR) is 80.4 cm³/mol. The zero-order valence-corrected chi connectivity index (χ0v) is 12.2. The Bertz CT molecular complexity index is 700. The van der Waals surface area contributed by atoms with Gasteiger partial charge < -0.3 is 14.6 Å². The van der Waals surface area contributed by atoms with E-state index in [1.54, 1.807) is 14.2 Å². The molecule has 110 valence electrons. The van der Waals surface area contributed by atoms with Crippen LogP contribution in [0, 0.1) is 0 Å². The number of hydrogen-bond donors (Lipinski definition) is 1. The smallest absolute Gasteiger partial charge is 0.303 e. The van der Waals surface area contributed by atoms with E-state index in [9.17, 15) is 4.79 Å². The summed E-state index contributed by atoms with van der Waals surface area (Å²) in [5.41, 5.74) is 2.17. The molecule has 0 saturated carbocycles. The molecule has 0 aliphatic heterocycles. The maximum atomic E-state index is 11.2. The van der Waals surface area contributed by atoms with Crippen LogP contribution in [0.5, 0.6) is 11.5 Å². The van der Waals surface area contributed by atoms with Crippen molar-refractivity contribution in [2.24, 2.45) is 0 Å². The number of rotatable bonds is 4. The van der Waals surface area contributed by atoms with Gasteiger partial charge in [-0.3, -0.25) is 4.79 Å². The van der Waals surface area contributed by atoms with E-state index in [4.69, 9.17) is 14.6 Å². The second kappa shape index (κ2) is 5.28. The fraction of sp³-hybridized carbons (Fsp3) is 0.353. The fourth-order valence-corrected chi connectivity index (χ4v) is 3.38. The van der Waals surface area contributed by atoms with E-state index in [0.29, 0.717) is 0 Å². The van der Waals surface area contributed by atoms with E-state index in [2.05, 4.69) is 0 Å². The Morgan fingerprint density at radius 2 is 1.86 bits per heavy atom. The fourth-order valence-electron chi connectivity index (χ4n) is 3.38. The third-order valence-electron chi connectivity index (χ3n) is 4.26. The molecule has 4 nitrogen and oxygen atoms in total. The Morgan fingerprint density at radius 3 is 2.48 bits per heavy atom. The number of benzene rings is 2. The monoisotopic (exact) mass is 286 g/mol. The van der Waals surface area contributed by atoms with Gasteiger partial charge in [-0.05, 0) is 41.7 Å². The van der Waals surface area contributed by atoms with Gasteiger partial charge in [0.2, 0.25) is 0 Å². The van der Waals surface area contributed by atoms with Gasteiger partial charge in [0, 0.05) is 11.1 Å². The molecular weight excluding hydrogens is 268 g/mol. The third kappa shape index (κ3) is 2.20. The first-order valence-corrected chi connectivity index (χ1v) is 7.04. The molecular formula is C17H18O4. The van der Waals surface area contributed by atoms with Crippen molar-refractivity contribution in [3.8, 4) is 11.5 Å². The van der Waals surface area contributed by atoms with Gasteiger partial charge in [-0.15, -0.1) is 0 Å². The summed E-state index contributed by atoms with van der Waals surface area (Å²) in [6.07, 6.45) is 1.76. The minimum atomic E-state index is -0.773. The number of ether oxygens (including phenoxy) is 2. The number of carbonyl (C=O) groups is 1. The summed E-state index contributed by atoms with van der Waals surface area (Å²) in [6.45, 7) is 0. The topological polar surface area (TPSA) is 55.8 Å². The van der Waals surface area contributed by atoms with Crippen LogP contribution in [0.2, 0.25) is 0 Å². The average molecular weight is 286 g/mol. The summed E-state index contributed by atoms with van der Waals surface area (Å²) in [4.78, 5) is 11.2. The number of carboxylic acid groups (broad SMARTS) is 1. The zero-order valence-electron chi connectivity index (χ0n) is 12.2. The van der Waals surface area contributed by atoms with Gasteiger partial charge in [0.15, 0.2) is 0 Å². The van der Waals surface area contributed by atoms with Gasteiger partial charge in [0.05, 0.1) is 20.6 Å². The molecule has 2 aromatic rings. The number of aliphatic carboxylic acids is 1. The molecule has 1 aliphatic carbocycles. The molecule has 0 fully saturated rings. The van der Waals surface area contributed by atoms with Crippen molar-refractivity contribution in [1.82, 2.24) is 0 Å². The molecule has 2 aromatic carbocycles. The molecule has 0 amide bonds. The van der Waals surface area contributed by atoms with Gasteiger partial charge in [0.25, 0.3) is 0 Å². The molecule has 0 aromatic heterocycles. The normalized spacial score (nSPS) is 16.8. The lowest BCUT2D eigenvalue weighted by Gasteiger charge is -2.27. The molecule has 0 spiro atoms. The minimum absolute atomic E-state index is 0.0132. The number of hydrogen-bond acceptors (Lipinski definition) is 3. The zero-order chi connectivity index (χ0) is 15.0. The molecule has 0 radical (unpaired) electrons. The van der Waals surface area contributed by atoms with Gasteiger partial charge >= 0.3 is 5.97 Å². The van der Waals surface area contributed by atoms with Crippen LogP contribution in [0.15, 0.2) is 24.3 Å². The van der Waals surface area contributed by atoms with E-state index >= 15 is 0 Å². The lowest BCUT2D eigenvalue weighted by atomic mass is 9.79. The van der Waals surface area contributed by atoms with Crippen LogP contribution >= 0.6 is 0 Å². The van der Waals surface area contributed by atoms with Crippen molar-refractivity contribution in [2.75, 3.05) is 14.2 Å². The van der Waals surface area contributed by atoms with Crippen LogP contribution < -0.4 is 9.47 Å². The maximum absolute atomic E-state index is 11.2. The van der Waals surface area contributed by atoms with Crippen LogP contribution in [0.3, 0.4) is 0 Å². The highest BCUT2D eigenvalue weighted by Crippen LogP contribution is 2.46. The minimum Gasteiger partial charge on any atom is -0.496 e. The van der Waals surface area contributed by atoms with Crippen molar-refractivity contribution in [3.05, 3.63) is 35.4 Å². The average Bonchev–Trinajstić information content (AvgIpc) is 2.49. The molecule has 1 aliphatic rings. The second-order valence-electron chi connectivity index (χ2n) is 5.36. The van der Waals surface area contributed by atoms with Crippen molar-refractivity contribution >= 4 is 16.7 Å². The molecule has 0 bridgehead atoms. The Hall–Kier alpha value is -2.23. The van der Waals surface area contributed by atoms with Crippen LogP contribution in [-0.2, 0) is 11.2 Å². The Morgan fingerprint density at radius 1 is 1.19 bits per heavy atom. The number of methoxy groups -OCH3 is 2. The number of carboxylic acids is 1. The van der Waals surface area contributed by atoms with Crippen LogP contribution in [0.25, 0.3) is 10.8 Å². The summed E-state index contributed by atoms with van der Waals surface area (Å²) in [6, 6.07) is 7.94. The lowest BCUT2D eigenvalue weighted by molar-refractivity contribution is -0.137. The Kier molecular flexibility index (Phi) is 3.45. The van der Waals surface area contributed by atoms with E-state index in [0.717, 1.165) is 46.2 Å². The molecule has 1 atom stereocenters. The van der Waals surface area contributed by atoms with Crippen molar-refractivity contribution in [3.63, 3.8) is 0 Å². The molecule has 4 heteroatoms. The van der Waals surface area contributed by atoms with Crippen molar-refractivity contribution in [2.45, 2.75) is 25.2 Å². The molecule has 0 saturated heterocycles. The highest BCUT2D eigenvalue weighted by molar-refractivity contribution is 5.94. The standard InChI is InChI=1S/C17H18O4/c1-20-13-7-4-10-5-8-14(21-2)17-11(9-15(18)19)3-6-12(13)16(10)17/h4-5,7-8,11H,3,6,9H2,1-2H3,(H,18,19)/t11-/m1/s1. The summed E-state index contributed by atoms with van der Waals surface area (Å²) < 4.78 is 11.0. The SMILES string of the molecule is COc1ccc2ccc(OC)c3c2c1CC[C@@H]3CC(=O)O. The van der Waals surface area contributed by atoms with Crippen LogP contribution in [0.1, 0.15) is 29.9 Å². The highest BCUT2D eigenvalue weighted by atomic mass is 16.5. The Balaban J connectivity index is 2.30. The first-order valence-electron chi connectivity index (χ1n) is 7.04. The third-order valence-corrected chi connectivity index (χ3v) is 4.26. The summed E-state index contributed by atoms with van der Waals surface area (Å²) in [5, 5.41) is 11.4. The molecule has 3 rings (SSSR count). The highest BCUT2D eigenvalue weighted by Gasteiger charge is 2.28. The first kappa shape index (κ1) is 13.7. The maximum Gasteiger partial charge on any atom is 0.303 e. The van der Waals surface area contributed by atoms with E-state index in [-0.39, 0.29) is 12.3 Å². The quantitative estimate of drug-likeness (QED) is 0.936. The van der Waals surface area contributed by atoms with Crippen molar-refractivity contribution in [1.29, 1.82) is 0 Å². The summed E-state index contributed by atoms with van der Waals surface area (Å²) in [7, 11) is 3.30. The van der Waals surface area contributed by atoms with E-state index < -0.39 is 5.97 Å². The summed E-state index contributed by atoms with van der Waals surface area (Å²) >= 11 is 0. The van der Waals surface area contributed by atoms with Gasteiger partial charge in [-0.25, -0.2) is 0 Å². The number of aryl methyl sites for hydroxylation is 1. The first-order chi connectivity index (χ1) is 10.2. The van der Waals surface area contributed by atoms with Crippen molar-refractivity contribution < 1.29 is 19.4 Å². The second-order valence-corrected chi connectivity index (χ2v) is 5.36. The van der Waals surface area contributed by atoms with E-state index in [1.165, 1.54) is 0 Å². The van der Waals surface area contributed by atoms with Gasteiger partial charge in [-0.2, -0.15) is 0 Å². The van der Waals surface area contributed by atoms with E-state index in [1.807, 2.05) is 24.3 Å². The summed E-state index contributed by atoms with van der Waals surface area (Å²) in [5.74, 6) is 0.847. The van der Waals surface area contributed by atoms with Gasteiger partial charge in [0.1, 0.15) is 11.5 Å².